The smallest absolute Gasteiger partial charge is 0.318 e. The highest BCUT2D eigenvalue weighted by Crippen LogP contribution is 2.21. The third kappa shape index (κ3) is 5.25. The molecule has 0 bridgehead atoms. The molecule has 0 heterocycles. The van der Waals surface area contributed by atoms with Crippen LogP contribution in [0.3, 0.4) is 0 Å². The molecule has 0 unspecified atom stereocenters. The van der Waals surface area contributed by atoms with Gasteiger partial charge in [0.15, 0.2) is 0 Å². The fourth-order valence-electron chi connectivity index (χ4n) is 2.34. The van der Waals surface area contributed by atoms with Crippen molar-refractivity contribution in [2.75, 3.05) is 6.54 Å². The number of allylic oxidation sites excluding steroid dienone is 1. The number of rotatable bonds is 4. The normalized spacial score (nSPS) is 14.8. The molecule has 1 aliphatic rings. The van der Waals surface area contributed by atoms with Crippen LogP contribution in [0, 0.1) is 0 Å². The second-order valence-electron chi connectivity index (χ2n) is 5.14. The van der Waals surface area contributed by atoms with Crippen molar-refractivity contribution in [3.63, 3.8) is 0 Å². The van der Waals surface area contributed by atoms with Gasteiger partial charge in [0.25, 0.3) is 0 Å². The lowest BCUT2D eigenvalue weighted by molar-refractivity contribution is 0.244. The van der Waals surface area contributed by atoms with Crippen molar-refractivity contribution < 1.29 is 4.79 Å². The van der Waals surface area contributed by atoms with Crippen molar-refractivity contribution in [2.45, 2.75) is 38.5 Å². The third-order valence-electron chi connectivity index (χ3n) is 3.52. The topological polar surface area (TPSA) is 41.1 Å². The zero-order valence-corrected chi connectivity index (χ0v) is 12.4. The van der Waals surface area contributed by atoms with Gasteiger partial charge in [-0.2, -0.15) is 0 Å². The molecule has 1 fully saturated rings. The predicted molar refractivity (Wildman–Crippen MR) is 82.9 cm³/mol. The van der Waals surface area contributed by atoms with E-state index in [-0.39, 0.29) is 6.03 Å². The molecule has 2 N–H and O–H groups in total. The van der Waals surface area contributed by atoms with Gasteiger partial charge in [-0.1, -0.05) is 35.7 Å². The predicted octanol–water partition coefficient (Wildman–Crippen LogP) is 4.03. The Morgan fingerprint density at radius 2 is 1.85 bits per heavy atom. The van der Waals surface area contributed by atoms with Gasteiger partial charge in [-0.05, 0) is 49.8 Å². The molecule has 0 saturated heterocycles. The lowest BCUT2D eigenvalue weighted by atomic mass is 9.96. The molecule has 2 amide bonds. The average molecular weight is 293 g/mol. The molecule has 0 aliphatic heterocycles. The van der Waals surface area contributed by atoms with Gasteiger partial charge in [-0.3, -0.25) is 0 Å². The molecular formula is C16H21ClN2O. The van der Waals surface area contributed by atoms with Crippen LogP contribution in [0.25, 0.3) is 0 Å². The summed E-state index contributed by atoms with van der Waals surface area (Å²) in [5.41, 5.74) is 2.52. The lowest BCUT2D eigenvalue weighted by Gasteiger charge is -2.13. The summed E-state index contributed by atoms with van der Waals surface area (Å²) in [5.74, 6) is 0. The minimum Gasteiger partial charge on any atom is -0.338 e. The molecule has 3 nitrogen and oxygen atoms in total. The number of amides is 2. The molecule has 0 spiro atoms. The highest BCUT2D eigenvalue weighted by Gasteiger charge is 2.05. The standard InChI is InChI=1S/C16H21ClN2O/c17-15-8-6-13(7-9-15)10-11-18-16(20)19-12-14-4-2-1-3-5-14/h6-9,12H,1-5,10-11H2,(H2,18,19,20). The summed E-state index contributed by atoms with van der Waals surface area (Å²) < 4.78 is 0. The molecule has 20 heavy (non-hydrogen) atoms. The van der Waals surface area contributed by atoms with Gasteiger partial charge in [-0.25, -0.2) is 4.79 Å². The van der Waals surface area contributed by atoms with Gasteiger partial charge in [0.05, 0.1) is 0 Å². The summed E-state index contributed by atoms with van der Waals surface area (Å²) in [6, 6.07) is 7.56. The summed E-state index contributed by atoms with van der Waals surface area (Å²) in [4.78, 5) is 11.6. The number of carbonyl (C=O) groups excluding carboxylic acids is 1. The van der Waals surface area contributed by atoms with Gasteiger partial charge in [0, 0.05) is 17.8 Å². The summed E-state index contributed by atoms with van der Waals surface area (Å²) in [7, 11) is 0. The van der Waals surface area contributed by atoms with E-state index in [1.807, 2.05) is 30.5 Å². The quantitative estimate of drug-likeness (QED) is 0.864. The van der Waals surface area contributed by atoms with Crippen molar-refractivity contribution in [3.8, 4) is 0 Å². The molecule has 0 aromatic heterocycles. The van der Waals surface area contributed by atoms with Crippen LogP contribution in [0.15, 0.2) is 36.0 Å². The van der Waals surface area contributed by atoms with Crippen molar-refractivity contribution in [2.24, 2.45) is 0 Å². The van der Waals surface area contributed by atoms with E-state index in [0.717, 1.165) is 24.3 Å². The molecule has 1 saturated carbocycles. The summed E-state index contributed by atoms with van der Waals surface area (Å²) in [6.45, 7) is 0.622. The molecule has 0 radical (unpaired) electrons. The Bertz CT molecular complexity index is 460. The van der Waals surface area contributed by atoms with Crippen LogP contribution < -0.4 is 10.6 Å². The number of carbonyl (C=O) groups is 1. The van der Waals surface area contributed by atoms with E-state index in [4.69, 9.17) is 11.6 Å². The van der Waals surface area contributed by atoms with Crippen molar-refractivity contribution in [1.82, 2.24) is 10.6 Å². The molecule has 1 aromatic rings. The van der Waals surface area contributed by atoms with Gasteiger partial charge in [-0.15, -0.1) is 0 Å². The Hall–Kier alpha value is -1.48. The summed E-state index contributed by atoms with van der Waals surface area (Å²) >= 11 is 5.82. The first-order valence-electron chi connectivity index (χ1n) is 7.21. The monoisotopic (exact) mass is 292 g/mol. The maximum atomic E-state index is 11.6. The van der Waals surface area contributed by atoms with Crippen LogP contribution in [0.5, 0.6) is 0 Å². The van der Waals surface area contributed by atoms with E-state index in [1.54, 1.807) is 0 Å². The largest absolute Gasteiger partial charge is 0.338 e. The summed E-state index contributed by atoms with van der Waals surface area (Å²) in [5, 5.41) is 6.41. The highest BCUT2D eigenvalue weighted by molar-refractivity contribution is 6.30. The maximum Gasteiger partial charge on any atom is 0.318 e. The van der Waals surface area contributed by atoms with Gasteiger partial charge in [0.1, 0.15) is 0 Å². The average Bonchev–Trinajstić information content (AvgIpc) is 2.48. The molecule has 4 heteroatoms. The Balaban J connectivity index is 1.66. The first-order valence-corrected chi connectivity index (χ1v) is 7.58. The van der Waals surface area contributed by atoms with Gasteiger partial charge in [0.2, 0.25) is 0 Å². The Morgan fingerprint density at radius 1 is 1.15 bits per heavy atom. The fourth-order valence-corrected chi connectivity index (χ4v) is 2.47. The van der Waals surface area contributed by atoms with Crippen molar-refractivity contribution in [1.29, 1.82) is 0 Å². The summed E-state index contributed by atoms with van der Waals surface area (Å²) in [6.07, 6.45) is 8.70. The number of hydrogen-bond donors (Lipinski definition) is 2. The molecule has 1 aliphatic carbocycles. The molecular weight excluding hydrogens is 272 g/mol. The first-order chi connectivity index (χ1) is 9.74. The Kier molecular flexibility index (Phi) is 5.93. The SMILES string of the molecule is O=C(NC=C1CCCCC1)NCCc1ccc(Cl)cc1. The molecule has 108 valence electrons. The number of urea groups is 1. The lowest BCUT2D eigenvalue weighted by Crippen LogP contribution is -2.33. The van der Waals surface area contributed by atoms with E-state index in [2.05, 4.69) is 10.6 Å². The molecule has 2 rings (SSSR count). The molecule has 1 aromatic carbocycles. The van der Waals surface area contributed by atoms with Crippen molar-refractivity contribution in [3.05, 3.63) is 46.6 Å². The second-order valence-corrected chi connectivity index (χ2v) is 5.58. The minimum atomic E-state index is -0.128. The maximum absolute atomic E-state index is 11.6. The Labute approximate surface area is 125 Å². The number of benzene rings is 1. The third-order valence-corrected chi connectivity index (χ3v) is 3.77. The zero-order valence-electron chi connectivity index (χ0n) is 11.6. The van der Waals surface area contributed by atoms with E-state index >= 15 is 0 Å². The van der Waals surface area contributed by atoms with Crippen LogP contribution in [0.1, 0.15) is 37.7 Å². The minimum absolute atomic E-state index is 0.128. The van der Waals surface area contributed by atoms with Gasteiger partial charge < -0.3 is 10.6 Å². The second kappa shape index (κ2) is 7.95. The van der Waals surface area contributed by atoms with Crippen molar-refractivity contribution >= 4 is 17.6 Å². The van der Waals surface area contributed by atoms with Crippen LogP contribution in [-0.2, 0) is 6.42 Å². The van der Waals surface area contributed by atoms with Crippen LogP contribution >= 0.6 is 11.6 Å². The first kappa shape index (κ1) is 14.9. The van der Waals surface area contributed by atoms with Crippen LogP contribution in [-0.4, -0.2) is 12.6 Å². The zero-order chi connectivity index (χ0) is 14.2. The number of nitrogens with one attached hydrogen (secondary N) is 2. The number of hydrogen-bond acceptors (Lipinski definition) is 1. The Morgan fingerprint density at radius 3 is 2.55 bits per heavy atom. The van der Waals surface area contributed by atoms with E-state index in [0.29, 0.717) is 6.54 Å². The van der Waals surface area contributed by atoms with Crippen LogP contribution in [0.4, 0.5) is 4.79 Å². The van der Waals surface area contributed by atoms with Gasteiger partial charge >= 0.3 is 6.03 Å². The number of halogens is 1. The van der Waals surface area contributed by atoms with Crippen LogP contribution in [0.2, 0.25) is 5.02 Å². The van der Waals surface area contributed by atoms with E-state index in [9.17, 15) is 4.79 Å². The molecule has 0 atom stereocenters. The highest BCUT2D eigenvalue weighted by atomic mass is 35.5. The fraction of sp³-hybridized carbons (Fsp3) is 0.438. The van der Waals surface area contributed by atoms with E-state index < -0.39 is 0 Å². The van der Waals surface area contributed by atoms with E-state index in [1.165, 1.54) is 30.4 Å².